The molecule has 0 spiro atoms. The molecule has 0 aliphatic carbocycles. The molecule has 1 aromatic carbocycles. The van der Waals surface area contributed by atoms with E-state index in [0.717, 1.165) is 4.47 Å². The number of rotatable bonds is 2. The van der Waals surface area contributed by atoms with Crippen LogP contribution in [-0.4, -0.2) is 20.7 Å². The summed E-state index contributed by atoms with van der Waals surface area (Å²) in [4.78, 5) is 11.4. The highest BCUT2D eigenvalue weighted by Gasteiger charge is 2.18. The van der Waals surface area contributed by atoms with Crippen molar-refractivity contribution in [1.29, 1.82) is 0 Å². The van der Waals surface area contributed by atoms with Gasteiger partial charge in [-0.1, -0.05) is 15.9 Å². The molecule has 88 valence electrons. The molecule has 0 bridgehead atoms. The van der Waals surface area contributed by atoms with E-state index in [-0.39, 0.29) is 17.2 Å². The summed E-state index contributed by atoms with van der Waals surface area (Å²) < 4.78 is 2.30. The number of ketones is 1. The van der Waals surface area contributed by atoms with Gasteiger partial charge in [-0.3, -0.25) is 4.79 Å². The Morgan fingerprint density at radius 2 is 1.94 bits per heavy atom. The zero-order chi connectivity index (χ0) is 12.6. The molecule has 2 rings (SSSR count). The average Bonchev–Trinajstić information content (AvgIpc) is 2.55. The highest BCUT2D eigenvalue weighted by atomic mass is 79.9. The smallest absolute Gasteiger partial charge is 0.225 e. The fraction of sp³-hybridized carbons (Fsp3) is 0.167. The lowest BCUT2D eigenvalue weighted by Crippen LogP contribution is -1.96. The summed E-state index contributed by atoms with van der Waals surface area (Å²) in [7, 11) is 0. The third-order valence-corrected chi connectivity index (χ3v) is 2.99. The molecule has 0 unspecified atom stereocenters. The maximum atomic E-state index is 11.4. The van der Waals surface area contributed by atoms with Gasteiger partial charge < -0.3 is 5.11 Å². The van der Waals surface area contributed by atoms with Crippen LogP contribution in [0.1, 0.15) is 23.0 Å². The predicted octanol–water partition coefficient (Wildman–Crippen LogP) is 2.85. The van der Waals surface area contributed by atoms with Crippen LogP contribution in [-0.2, 0) is 0 Å². The molecule has 0 atom stereocenters. The molecule has 2 aromatic rings. The van der Waals surface area contributed by atoms with Crippen molar-refractivity contribution in [3.05, 3.63) is 40.0 Å². The normalized spacial score (nSPS) is 10.5. The van der Waals surface area contributed by atoms with Gasteiger partial charge in [0.15, 0.2) is 5.78 Å². The Morgan fingerprint density at radius 3 is 2.41 bits per heavy atom. The van der Waals surface area contributed by atoms with E-state index in [1.807, 2.05) is 12.1 Å². The van der Waals surface area contributed by atoms with Crippen molar-refractivity contribution in [2.24, 2.45) is 0 Å². The number of hydrogen-bond acceptors (Lipinski definition) is 3. The number of aromatic nitrogens is 2. The van der Waals surface area contributed by atoms with Crippen LogP contribution in [0.3, 0.4) is 0 Å². The summed E-state index contributed by atoms with van der Waals surface area (Å²) in [6.45, 7) is 3.11. The number of carbonyl (C=O) groups excluding carboxylic acids is 1. The number of hydrogen-bond donors (Lipinski definition) is 1. The second-order valence-electron chi connectivity index (χ2n) is 3.73. The Balaban J connectivity index is 2.57. The summed E-state index contributed by atoms with van der Waals surface area (Å²) in [6.07, 6.45) is 0. The second-order valence-corrected chi connectivity index (χ2v) is 4.64. The van der Waals surface area contributed by atoms with E-state index in [4.69, 9.17) is 0 Å². The zero-order valence-electron chi connectivity index (χ0n) is 9.44. The third-order valence-electron chi connectivity index (χ3n) is 2.46. The van der Waals surface area contributed by atoms with E-state index in [0.29, 0.717) is 11.4 Å². The first-order chi connectivity index (χ1) is 8.00. The summed E-state index contributed by atoms with van der Waals surface area (Å²) in [5.74, 6) is -0.305. The van der Waals surface area contributed by atoms with E-state index < -0.39 is 0 Å². The first kappa shape index (κ1) is 11.9. The van der Waals surface area contributed by atoms with E-state index in [1.54, 1.807) is 19.1 Å². The van der Waals surface area contributed by atoms with Gasteiger partial charge in [0.05, 0.1) is 11.4 Å². The molecule has 17 heavy (non-hydrogen) atoms. The van der Waals surface area contributed by atoms with Gasteiger partial charge in [-0.25, -0.2) is 4.68 Å². The highest BCUT2D eigenvalue weighted by molar-refractivity contribution is 9.10. The largest absolute Gasteiger partial charge is 0.493 e. The van der Waals surface area contributed by atoms with Gasteiger partial charge in [0, 0.05) is 4.47 Å². The first-order valence-electron chi connectivity index (χ1n) is 5.06. The lowest BCUT2D eigenvalue weighted by Gasteiger charge is -2.03. The molecule has 0 saturated carbocycles. The molecule has 5 heteroatoms. The monoisotopic (exact) mass is 294 g/mol. The number of benzene rings is 1. The molecule has 4 nitrogen and oxygen atoms in total. The van der Waals surface area contributed by atoms with Crippen molar-refractivity contribution in [2.45, 2.75) is 13.8 Å². The third kappa shape index (κ3) is 2.10. The maximum absolute atomic E-state index is 11.4. The van der Waals surface area contributed by atoms with Crippen molar-refractivity contribution in [3.63, 3.8) is 0 Å². The van der Waals surface area contributed by atoms with Crippen LogP contribution in [0.25, 0.3) is 5.69 Å². The Kier molecular flexibility index (Phi) is 3.02. The maximum Gasteiger partial charge on any atom is 0.225 e. The van der Waals surface area contributed by atoms with E-state index in [1.165, 1.54) is 11.6 Å². The fourth-order valence-electron chi connectivity index (χ4n) is 1.69. The molecule has 0 radical (unpaired) electrons. The summed E-state index contributed by atoms with van der Waals surface area (Å²) >= 11 is 3.33. The SMILES string of the molecule is CC(=O)c1c(C)nn(-c2ccc(Br)cc2)c1O. The Morgan fingerprint density at radius 1 is 1.35 bits per heavy atom. The topological polar surface area (TPSA) is 55.1 Å². The number of aromatic hydroxyl groups is 1. The molecule has 0 aliphatic rings. The minimum absolute atomic E-state index is 0.114. The van der Waals surface area contributed by atoms with Crippen molar-refractivity contribution in [2.75, 3.05) is 0 Å². The van der Waals surface area contributed by atoms with Crippen molar-refractivity contribution < 1.29 is 9.90 Å². The number of halogens is 1. The number of carbonyl (C=O) groups is 1. The molecule has 0 amide bonds. The van der Waals surface area contributed by atoms with Crippen molar-refractivity contribution in [3.8, 4) is 11.6 Å². The predicted molar refractivity (Wildman–Crippen MR) is 67.7 cm³/mol. The summed E-state index contributed by atoms with van der Waals surface area (Å²) in [6, 6.07) is 7.30. The minimum atomic E-state index is -0.191. The van der Waals surface area contributed by atoms with Gasteiger partial charge >= 0.3 is 0 Å². The fourth-order valence-corrected chi connectivity index (χ4v) is 1.95. The van der Waals surface area contributed by atoms with E-state index >= 15 is 0 Å². The number of Topliss-reactive ketones (excluding diaryl/α,β-unsaturated/α-hetero) is 1. The zero-order valence-corrected chi connectivity index (χ0v) is 11.0. The molecular weight excluding hydrogens is 284 g/mol. The van der Waals surface area contributed by atoms with Crippen LogP contribution >= 0.6 is 15.9 Å². The average molecular weight is 295 g/mol. The quantitative estimate of drug-likeness (QED) is 0.867. The van der Waals surface area contributed by atoms with Gasteiger partial charge in [-0.15, -0.1) is 0 Å². The Labute approximate surface area is 107 Å². The van der Waals surface area contributed by atoms with Gasteiger partial charge in [-0.05, 0) is 38.1 Å². The van der Waals surface area contributed by atoms with Gasteiger partial charge in [-0.2, -0.15) is 5.10 Å². The Hall–Kier alpha value is -1.62. The van der Waals surface area contributed by atoms with Gasteiger partial charge in [0.25, 0.3) is 0 Å². The van der Waals surface area contributed by atoms with Crippen LogP contribution in [0.4, 0.5) is 0 Å². The number of aryl methyl sites for hydroxylation is 1. The van der Waals surface area contributed by atoms with Crippen molar-refractivity contribution >= 4 is 21.7 Å². The Bertz CT molecular complexity index is 573. The standard InChI is InChI=1S/C12H11BrN2O2/c1-7-11(8(2)16)12(17)15(14-7)10-5-3-9(13)4-6-10/h3-6,17H,1-2H3. The minimum Gasteiger partial charge on any atom is -0.493 e. The molecule has 0 fully saturated rings. The molecular formula is C12H11BrN2O2. The van der Waals surface area contributed by atoms with Crippen LogP contribution < -0.4 is 0 Å². The molecule has 0 aliphatic heterocycles. The lowest BCUT2D eigenvalue weighted by molar-refractivity contribution is 0.101. The number of nitrogens with zero attached hydrogens (tertiary/aromatic N) is 2. The van der Waals surface area contributed by atoms with Crippen LogP contribution in [0.2, 0.25) is 0 Å². The summed E-state index contributed by atoms with van der Waals surface area (Å²) in [5, 5.41) is 14.1. The lowest BCUT2D eigenvalue weighted by atomic mass is 10.2. The molecule has 1 N–H and O–H groups in total. The summed E-state index contributed by atoms with van der Waals surface area (Å²) in [5.41, 5.74) is 1.51. The van der Waals surface area contributed by atoms with Crippen LogP contribution in [0.5, 0.6) is 5.88 Å². The van der Waals surface area contributed by atoms with Crippen LogP contribution in [0.15, 0.2) is 28.7 Å². The van der Waals surface area contributed by atoms with Crippen LogP contribution in [0, 0.1) is 6.92 Å². The van der Waals surface area contributed by atoms with Crippen molar-refractivity contribution in [1.82, 2.24) is 9.78 Å². The molecule has 1 heterocycles. The van der Waals surface area contributed by atoms with E-state index in [9.17, 15) is 9.90 Å². The second kappa shape index (κ2) is 4.33. The van der Waals surface area contributed by atoms with Gasteiger partial charge in [0.1, 0.15) is 5.56 Å². The van der Waals surface area contributed by atoms with Gasteiger partial charge in [0.2, 0.25) is 5.88 Å². The highest BCUT2D eigenvalue weighted by Crippen LogP contribution is 2.25. The first-order valence-corrected chi connectivity index (χ1v) is 5.85. The van der Waals surface area contributed by atoms with E-state index in [2.05, 4.69) is 21.0 Å². The molecule has 1 aromatic heterocycles. The molecule has 0 saturated heterocycles.